The molecule has 0 bridgehead atoms. The first-order chi connectivity index (χ1) is 8.06. The Morgan fingerprint density at radius 2 is 2.18 bits per heavy atom. The van der Waals surface area contributed by atoms with Gasteiger partial charge in [-0.15, -0.1) is 0 Å². The topological polar surface area (TPSA) is 55.6 Å². The average Bonchev–Trinajstić information content (AvgIpc) is 2.37. The van der Waals surface area contributed by atoms with Gasteiger partial charge in [-0.1, -0.05) is 32.4 Å². The highest BCUT2D eigenvalue weighted by Gasteiger charge is 2.24. The Morgan fingerprint density at radius 3 is 2.71 bits per heavy atom. The zero-order valence-corrected chi connectivity index (χ0v) is 10.8. The molecular formula is C13H22N2O2. The number of hydrogen-bond donors (Lipinski definition) is 1. The lowest BCUT2D eigenvalue weighted by Gasteiger charge is -2.29. The minimum atomic E-state index is -0.535. The molecule has 0 aromatic carbocycles. The summed E-state index contributed by atoms with van der Waals surface area (Å²) in [6.45, 7) is 6.58. The highest BCUT2D eigenvalue weighted by atomic mass is 16.6. The predicted octanol–water partition coefficient (Wildman–Crippen LogP) is 1.63. The van der Waals surface area contributed by atoms with E-state index in [1.807, 2.05) is 50.1 Å². The van der Waals surface area contributed by atoms with Crippen molar-refractivity contribution in [2.24, 2.45) is 11.7 Å². The Morgan fingerprint density at radius 1 is 1.47 bits per heavy atom. The van der Waals surface area contributed by atoms with Gasteiger partial charge in [0.15, 0.2) is 6.23 Å². The molecule has 1 heterocycles. The first-order valence-corrected chi connectivity index (χ1v) is 6.11. The van der Waals surface area contributed by atoms with E-state index in [2.05, 4.69) is 0 Å². The van der Waals surface area contributed by atoms with Crippen LogP contribution in [-0.4, -0.2) is 29.7 Å². The molecule has 4 heteroatoms. The zero-order valence-electron chi connectivity index (χ0n) is 10.8. The van der Waals surface area contributed by atoms with Gasteiger partial charge in [-0.05, 0) is 18.9 Å². The van der Waals surface area contributed by atoms with Gasteiger partial charge in [0, 0.05) is 12.7 Å². The summed E-state index contributed by atoms with van der Waals surface area (Å²) in [5, 5.41) is 0. The lowest BCUT2D eigenvalue weighted by atomic mass is 10.0. The first kappa shape index (κ1) is 13.8. The second kappa shape index (κ2) is 6.45. The molecule has 0 saturated heterocycles. The Kier molecular flexibility index (Phi) is 5.22. The van der Waals surface area contributed by atoms with Gasteiger partial charge in [-0.25, -0.2) is 0 Å². The lowest BCUT2D eigenvalue weighted by molar-refractivity contribution is -0.157. The molecule has 3 unspecified atom stereocenters. The monoisotopic (exact) mass is 238 g/mol. The van der Waals surface area contributed by atoms with Crippen molar-refractivity contribution in [3.05, 3.63) is 24.4 Å². The molecule has 3 atom stereocenters. The van der Waals surface area contributed by atoms with Gasteiger partial charge in [-0.2, -0.15) is 0 Å². The van der Waals surface area contributed by atoms with E-state index in [9.17, 15) is 4.79 Å². The van der Waals surface area contributed by atoms with Crippen molar-refractivity contribution in [2.45, 2.75) is 39.5 Å². The van der Waals surface area contributed by atoms with Gasteiger partial charge in [0.1, 0.15) is 6.04 Å². The van der Waals surface area contributed by atoms with E-state index in [0.717, 1.165) is 13.0 Å². The summed E-state index contributed by atoms with van der Waals surface area (Å²) in [7, 11) is 0. The SMILES string of the molecule is CCC(C)C(N)C(=O)OC(C)N1C=CC=CC1. The fraction of sp³-hybridized carbons (Fsp3) is 0.615. The third-order valence-electron chi connectivity index (χ3n) is 3.12. The number of carbonyl (C=O) groups is 1. The van der Waals surface area contributed by atoms with Gasteiger partial charge in [0.25, 0.3) is 0 Å². The van der Waals surface area contributed by atoms with E-state index in [-0.39, 0.29) is 18.1 Å². The number of nitrogens with zero attached hydrogens (tertiary/aromatic N) is 1. The van der Waals surface area contributed by atoms with Gasteiger partial charge in [0.05, 0.1) is 0 Å². The van der Waals surface area contributed by atoms with Crippen LogP contribution in [0.4, 0.5) is 0 Å². The number of nitrogens with two attached hydrogens (primary N) is 1. The van der Waals surface area contributed by atoms with Gasteiger partial charge >= 0.3 is 5.97 Å². The smallest absolute Gasteiger partial charge is 0.325 e. The third-order valence-corrected chi connectivity index (χ3v) is 3.12. The number of carbonyl (C=O) groups excluding carboxylic acids is 1. The van der Waals surface area contributed by atoms with Crippen molar-refractivity contribution >= 4 is 5.97 Å². The van der Waals surface area contributed by atoms with Crippen molar-refractivity contribution < 1.29 is 9.53 Å². The molecule has 4 nitrogen and oxygen atoms in total. The lowest BCUT2D eigenvalue weighted by Crippen LogP contribution is -2.42. The van der Waals surface area contributed by atoms with Crippen LogP contribution in [-0.2, 0) is 9.53 Å². The second-order valence-electron chi connectivity index (χ2n) is 4.41. The third kappa shape index (κ3) is 3.89. The fourth-order valence-electron chi connectivity index (χ4n) is 1.55. The number of rotatable bonds is 5. The van der Waals surface area contributed by atoms with E-state index >= 15 is 0 Å². The Balaban J connectivity index is 2.45. The molecule has 0 amide bonds. The van der Waals surface area contributed by atoms with Crippen LogP contribution >= 0.6 is 0 Å². The summed E-state index contributed by atoms with van der Waals surface area (Å²) >= 11 is 0. The molecule has 2 N–H and O–H groups in total. The fourth-order valence-corrected chi connectivity index (χ4v) is 1.55. The molecular weight excluding hydrogens is 216 g/mol. The van der Waals surface area contributed by atoms with Crippen LogP contribution in [0.15, 0.2) is 24.4 Å². The summed E-state index contributed by atoms with van der Waals surface area (Å²) in [5.74, 6) is -0.179. The molecule has 1 aliphatic heterocycles. The normalized spacial score (nSPS) is 19.9. The van der Waals surface area contributed by atoms with Crippen LogP contribution < -0.4 is 5.73 Å². The highest BCUT2D eigenvalue weighted by Crippen LogP contribution is 2.11. The molecule has 0 saturated carbocycles. The van der Waals surface area contributed by atoms with Crippen molar-refractivity contribution in [3.63, 3.8) is 0 Å². The Bertz CT molecular complexity index is 313. The maximum atomic E-state index is 11.8. The van der Waals surface area contributed by atoms with Crippen molar-refractivity contribution in [2.75, 3.05) is 6.54 Å². The quantitative estimate of drug-likeness (QED) is 0.740. The summed E-state index contributed by atoms with van der Waals surface area (Å²) in [6, 6.07) is -0.535. The van der Waals surface area contributed by atoms with Gasteiger partial charge in [0.2, 0.25) is 0 Å². The highest BCUT2D eigenvalue weighted by molar-refractivity contribution is 5.75. The number of ether oxygens (including phenoxy) is 1. The maximum absolute atomic E-state index is 11.8. The van der Waals surface area contributed by atoms with Crippen molar-refractivity contribution in [1.29, 1.82) is 0 Å². The summed E-state index contributed by atoms with van der Waals surface area (Å²) < 4.78 is 5.35. The van der Waals surface area contributed by atoms with Gasteiger partial charge in [-0.3, -0.25) is 4.79 Å². The van der Waals surface area contributed by atoms with Gasteiger partial charge < -0.3 is 15.4 Å². The van der Waals surface area contributed by atoms with Crippen LogP contribution in [0.25, 0.3) is 0 Å². The molecule has 1 aliphatic rings. The first-order valence-electron chi connectivity index (χ1n) is 6.11. The molecule has 0 aliphatic carbocycles. The number of esters is 1. The van der Waals surface area contributed by atoms with Crippen LogP contribution in [0.1, 0.15) is 27.2 Å². The van der Waals surface area contributed by atoms with E-state index in [1.165, 1.54) is 0 Å². The zero-order chi connectivity index (χ0) is 12.8. The molecule has 0 radical (unpaired) electrons. The van der Waals surface area contributed by atoms with Crippen molar-refractivity contribution in [1.82, 2.24) is 4.90 Å². The van der Waals surface area contributed by atoms with Crippen LogP contribution in [0.2, 0.25) is 0 Å². The minimum Gasteiger partial charge on any atom is -0.441 e. The molecule has 17 heavy (non-hydrogen) atoms. The molecule has 0 fully saturated rings. The van der Waals surface area contributed by atoms with E-state index in [0.29, 0.717) is 0 Å². The number of hydrogen-bond acceptors (Lipinski definition) is 4. The number of allylic oxidation sites excluding steroid dienone is 2. The maximum Gasteiger partial charge on any atom is 0.325 e. The molecule has 0 aromatic heterocycles. The summed E-state index contributed by atoms with van der Waals surface area (Å²) in [4.78, 5) is 13.7. The minimum absolute atomic E-state index is 0.145. The molecule has 0 aromatic rings. The predicted molar refractivity (Wildman–Crippen MR) is 68.0 cm³/mol. The van der Waals surface area contributed by atoms with E-state index in [4.69, 9.17) is 10.5 Å². The summed E-state index contributed by atoms with van der Waals surface area (Å²) in [6.07, 6.45) is 8.40. The van der Waals surface area contributed by atoms with E-state index < -0.39 is 6.04 Å². The Hall–Kier alpha value is -1.29. The average molecular weight is 238 g/mol. The van der Waals surface area contributed by atoms with Crippen LogP contribution in [0.3, 0.4) is 0 Å². The molecule has 96 valence electrons. The molecule has 0 spiro atoms. The standard InChI is InChI=1S/C13H22N2O2/c1-4-10(2)12(14)13(16)17-11(3)15-8-6-5-7-9-15/h5-8,10-12H,4,9,14H2,1-3H3. The Labute approximate surface area is 103 Å². The molecule has 1 rings (SSSR count). The van der Waals surface area contributed by atoms with Crippen LogP contribution in [0, 0.1) is 5.92 Å². The van der Waals surface area contributed by atoms with Crippen LogP contribution in [0.5, 0.6) is 0 Å². The van der Waals surface area contributed by atoms with Crippen molar-refractivity contribution in [3.8, 4) is 0 Å². The van der Waals surface area contributed by atoms with E-state index in [1.54, 1.807) is 0 Å². The summed E-state index contributed by atoms with van der Waals surface area (Å²) in [5.41, 5.74) is 5.82. The second-order valence-corrected chi connectivity index (χ2v) is 4.41. The largest absolute Gasteiger partial charge is 0.441 e.